The summed E-state index contributed by atoms with van der Waals surface area (Å²) in [5, 5.41) is 2.95. The molecule has 0 bridgehead atoms. The van der Waals surface area contributed by atoms with Crippen molar-refractivity contribution in [1.82, 2.24) is 10.2 Å². The highest BCUT2D eigenvalue weighted by Crippen LogP contribution is 2.18. The van der Waals surface area contributed by atoms with Crippen LogP contribution in [0.1, 0.15) is 51.2 Å². The zero-order valence-corrected chi connectivity index (χ0v) is 19.9. The summed E-state index contributed by atoms with van der Waals surface area (Å²) in [6.07, 6.45) is 1.43. The molecule has 0 aliphatic heterocycles. The molecule has 0 aliphatic rings. The molecule has 2 aromatic rings. The van der Waals surface area contributed by atoms with Gasteiger partial charge in [-0.25, -0.2) is 0 Å². The molecule has 0 aromatic heterocycles. The Balaban J connectivity index is 2.02. The molecular formula is C26H36N2O4. The van der Waals surface area contributed by atoms with Crippen LogP contribution in [0.3, 0.4) is 0 Å². The number of methoxy groups -OCH3 is 1. The molecule has 2 amide bonds. The molecule has 0 spiro atoms. The van der Waals surface area contributed by atoms with E-state index in [0.717, 1.165) is 22.6 Å². The molecule has 2 aromatic carbocycles. The maximum absolute atomic E-state index is 13.2. The van der Waals surface area contributed by atoms with Gasteiger partial charge in [-0.05, 0) is 63.4 Å². The van der Waals surface area contributed by atoms with Crippen LogP contribution in [-0.2, 0) is 16.1 Å². The molecule has 6 nitrogen and oxygen atoms in total. The molecule has 0 unspecified atom stereocenters. The summed E-state index contributed by atoms with van der Waals surface area (Å²) in [6.45, 7) is 8.64. The third-order valence-corrected chi connectivity index (χ3v) is 5.15. The van der Waals surface area contributed by atoms with E-state index in [4.69, 9.17) is 9.47 Å². The minimum atomic E-state index is -0.506. The predicted molar refractivity (Wildman–Crippen MR) is 127 cm³/mol. The molecule has 0 fully saturated rings. The van der Waals surface area contributed by atoms with Crippen LogP contribution in [0.25, 0.3) is 0 Å². The number of benzene rings is 2. The van der Waals surface area contributed by atoms with Crippen molar-refractivity contribution < 1.29 is 19.1 Å². The first-order chi connectivity index (χ1) is 15.3. The van der Waals surface area contributed by atoms with Crippen LogP contribution in [0.5, 0.6) is 11.5 Å². The normalized spacial score (nSPS) is 11.7. The van der Waals surface area contributed by atoms with E-state index in [1.54, 1.807) is 12.0 Å². The van der Waals surface area contributed by atoms with E-state index in [1.165, 1.54) is 0 Å². The van der Waals surface area contributed by atoms with Crippen LogP contribution in [-0.4, -0.2) is 42.5 Å². The lowest BCUT2D eigenvalue weighted by atomic mass is 10.1. The standard InChI is InChI=1S/C26H36N2O4/c1-6-24(26(30)27-19(2)3)28(18-21-11-9-20(4)10-12-21)25(29)8-7-17-32-23-15-13-22(31-5)14-16-23/h9-16,19,24H,6-8,17-18H2,1-5H3,(H,27,30)/t24-/m0/s1. The Labute approximate surface area is 191 Å². The number of hydrogen-bond donors (Lipinski definition) is 1. The molecule has 2 rings (SSSR count). The molecule has 0 saturated heterocycles. The van der Waals surface area contributed by atoms with Crippen molar-refractivity contribution in [2.24, 2.45) is 0 Å². The number of carbonyl (C=O) groups is 2. The highest BCUT2D eigenvalue weighted by atomic mass is 16.5. The molecule has 1 N–H and O–H groups in total. The molecule has 1 atom stereocenters. The fraction of sp³-hybridized carbons (Fsp3) is 0.462. The van der Waals surface area contributed by atoms with Gasteiger partial charge in [-0.2, -0.15) is 0 Å². The summed E-state index contributed by atoms with van der Waals surface area (Å²) >= 11 is 0. The molecule has 0 saturated carbocycles. The van der Waals surface area contributed by atoms with Gasteiger partial charge in [-0.15, -0.1) is 0 Å². The number of carbonyl (C=O) groups excluding carboxylic acids is 2. The van der Waals surface area contributed by atoms with E-state index in [9.17, 15) is 9.59 Å². The average Bonchev–Trinajstić information content (AvgIpc) is 2.77. The second-order valence-electron chi connectivity index (χ2n) is 8.22. The van der Waals surface area contributed by atoms with Crippen molar-refractivity contribution in [3.63, 3.8) is 0 Å². The molecular weight excluding hydrogens is 404 g/mol. The summed E-state index contributed by atoms with van der Waals surface area (Å²) in [7, 11) is 1.62. The van der Waals surface area contributed by atoms with E-state index in [1.807, 2.05) is 76.2 Å². The van der Waals surface area contributed by atoms with Crippen LogP contribution < -0.4 is 14.8 Å². The van der Waals surface area contributed by atoms with Crippen LogP contribution in [0, 0.1) is 6.92 Å². The number of rotatable bonds is 12. The van der Waals surface area contributed by atoms with Crippen LogP contribution in [0.2, 0.25) is 0 Å². The number of nitrogens with one attached hydrogen (secondary N) is 1. The Bertz CT molecular complexity index is 847. The Morgan fingerprint density at radius 3 is 2.19 bits per heavy atom. The Kier molecular flexibility index (Phi) is 10.1. The van der Waals surface area contributed by atoms with Gasteiger partial charge >= 0.3 is 0 Å². The largest absolute Gasteiger partial charge is 0.497 e. The average molecular weight is 441 g/mol. The lowest BCUT2D eigenvalue weighted by Crippen LogP contribution is -2.50. The highest BCUT2D eigenvalue weighted by molar-refractivity contribution is 5.87. The van der Waals surface area contributed by atoms with Gasteiger partial charge in [0.2, 0.25) is 11.8 Å². The van der Waals surface area contributed by atoms with Crippen molar-refractivity contribution in [1.29, 1.82) is 0 Å². The zero-order valence-electron chi connectivity index (χ0n) is 19.9. The molecule has 6 heteroatoms. The van der Waals surface area contributed by atoms with E-state index in [0.29, 0.717) is 32.4 Å². The van der Waals surface area contributed by atoms with E-state index in [2.05, 4.69) is 5.32 Å². The first kappa shape index (κ1) is 25.2. The zero-order chi connectivity index (χ0) is 23.5. The summed E-state index contributed by atoms with van der Waals surface area (Å²) in [6, 6.07) is 14.9. The SMILES string of the molecule is CC[C@@H](C(=O)NC(C)C)N(Cc1ccc(C)cc1)C(=O)CCCOc1ccc(OC)cc1. The minimum Gasteiger partial charge on any atom is -0.497 e. The summed E-state index contributed by atoms with van der Waals surface area (Å²) < 4.78 is 10.9. The monoisotopic (exact) mass is 440 g/mol. The molecule has 0 radical (unpaired) electrons. The van der Waals surface area contributed by atoms with Gasteiger partial charge in [-0.3, -0.25) is 9.59 Å². The summed E-state index contributed by atoms with van der Waals surface area (Å²) in [5.74, 6) is 1.34. The van der Waals surface area contributed by atoms with Gasteiger partial charge in [0.1, 0.15) is 17.5 Å². The van der Waals surface area contributed by atoms with Gasteiger partial charge in [0.05, 0.1) is 13.7 Å². The molecule has 0 heterocycles. The fourth-order valence-corrected chi connectivity index (χ4v) is 3.42. The molecule has 32 heavy (non-hydrogen) atoms. The van der Waals surface area contributed by atoms with Crippen molar-refractivity contribution in [3.8, 4) is 11.5 Å². The lowest BCUT2D eigenvalue weighted by Gasteiger charge is -2.31. The number of aryl methyl sites for hydroxylation is 1. The van der Waals surface area contributed by atoms with Gasteiger partial charge in [-0.1, -0.05) is 36.8 Å². The van der Waals surface area contributed by atoms with Gasteiger partial charge in [0.25, 0.3) is 0 Å². The summed E-state index contributed by atoms with van der Waals surface area (Å²) in [4.78, 5) is 27.7. The quantitative estimate of drug-likeness (QED) is 0.494. The first-order valence-corrected chi connectivity index (χ1v) is 11.3. The second-order valence-corrected chi connectivity index (χ2v) is 8.22. The van der Waals surface area contributed by atoms with E-state index in [-0.39, 0.29) is 17.9 Å². The van der Waals surface area contributed by atoms with Crippen molar-refractivity contribution in [3.05, 3.63) is 59.7 Å². The van der Waals surface area contributed by atoms with E-state index < -0.39 is 6.04 Å². The lowest BCUT2D eigenvalue weighted by molar-refractivity contribution is -0.141. The maximum Gasteiger partial charge on any atom is 0.243 e. The fourth-order valence-electron chi connectivity index (χ4n) is 3.42. The van der Waals surface area contributed by atoms with Gasteiger partial charge < -0.3 is 19.7 Å². The van der Waals surface area contributed by atoms with Crippen molar-refractivity contribution in [2.45, 2.75) is 65.6 Å². The Hall–Kier alpha value is -3.02. The Morgan fingerprint density at radius 1 is 1.00 bits per heavy atom. The van der Waals surface area contributed by atoms with Gasteiger partial charge in [0.15, 0.2) is 0 Å². The number of ether oxygens (including phenoxy) is 2. The minimum absolute atomic E-state index is 0.0192. The molecule has 174 valence electrons. The third-order valence-electron chi connectivity index (χ3n) is 5.15. The smallest absolute Gasteiger partial charge is 0.243 e. The van der Waals surface area contributed by atoms with Crippen LogP contribution >= 0.6 is 0 Å². The predicted octanol–water partition coefficient (Wildman–Crippen LogP) is 4.49. The van der Waals surface area contributed by atoms with Crippen LogP contribution in [0.15, 0.2) is 48.5 Å². The molecule has 0 aliphatic carbocycles. The van der Waals surface area contributed by atoms with E-state index >= 15 is 0 Å². The summed E-state index contributed by atoms with van der Waals surface area (Å²) in [5.41, 5.74) is 2.17. The maximum atomic E-state index is 13.2. The number of hydrogen-bond acceptors (Lipinski definition) is 4. The highest BCUT2D eigenvalue weighted by Gasteiger charge is 2.28. The Morgan fingerprint density at radius 2 is 1.62 bits per heavy atom. The first-order valence-electron chi connectivity index (χ1n) is 11.3. The van der Waals surface area contributed by atoms with Crippen molar-refractivity contribution in [2.75, 3.05) is 13.7 Å². The third kappa shape index (κ3) is 7.91. The second kappa shape index (κ2) is 12.7. The van der Waals surface area contributed by atoms with Gasteiger partial charge in [0, 0.05) is 19.0 Å². The topological polar surface area (TPSA) is 67.9 Å². The number of amides is 2. The number of nitrogens with zero attached hydrogens (tertiary/aromatic N) is 1. The van der Waals surface area contributed by atoms with Crippen molar-refractivity contribution >= 4 is 11.8 Å². The van der Waals surface area contributed by atoms with Crippen LogP contribution in [0.4, 0.5) is 0 Å².